The molecule has 0 aliphatic heterocycles. The van der Waals surface area contributed by atoms with E-state index in [4.69, 9.17) is 4.74 Å². The summed E-state index contributed by atoms with van der Waals surface area (Å²) in [5, 5.41) is 13.6. The summed E-state index contributed by atoms with van der Waals surface area (Å²) < 4.78 is 7.20. The molecule has 3 atom stereocenters. The van der Waals surface area contributed by atoms with Crippen LogP contribution in [-0.4, -0.2) is 23.9 Å². The van der Waals surface area contributed by atoms with Crippen molar-refractivity contribution in [1.29, 1.82) is 0 Å². The van der Waals surface area contributed by atoms with Crippen LogP contribution in [0.5, 0.6) is 5.75 Å². The summed E-state index contributed by atoms with van der Waals surface area (Å²) in [4.78, 5) is 0. The molecule has 3 nitrogen and oxygen atoms in total. The third-order valence-electron chi connectivity index (χ3n) is 4.08. The van der Waals surface area contributed by atoms with E-state index < -0.39 is 0 Å². The quantitative estimate of drug-likeness (QED) is 0.803. The van der Waals surface area contributed by atoms with Gasteiger partial charge in [-0.05, 0) is 57.4 Å². The molecule has 0 radical (unpaired) electrons. The Morgan fingerprint density at radius 1 is 1.38 bits per heavy atom. The van der Waals surface area contributed by atoms with Crippen LogP contribution >= 0.6 is 15.9 Å². The zero-order valence-corrected chi connectivity index (χ0v) is 14.5. The van der Waals surface area contributed by atoms with Crippen LogP contribution in [0.4, 0.5) is 0 Å². The number of ether oxygens (including phenoxy) is 1. The molecule has 1 fully saturated rings. The lowest BCUT2D eigenvalue weighted by Gasteiger charge is -2.30. The molecule has 118 valence electrons. The van der Waals surface area contributed by atoms with E-state index in [1.807, 2.05) is 12.1 Å². The summed E-state index contributed by atoms with van der Waals surface area (Å²) in [7, 11) is 0. The van der Waals surface area contributed by atoms with Crippen molar-refractivity contribution in [3.05, 3.63) is 28.2 Å². The number of rotatable bonds is 6. The molecular weight excluding hydrogens is 330 g/mol. The lowest BCUT2D eigenvalue weighted by Crippen LogP contribution is -2.35. The molecule has 0 saturated heterocycles. The molecule has 1 aliphatic carbocycles. The summed E-state index contributed by atoms with van der Waals surface area (Å²) in [5.74, 6) is 0.889. The fraction of sp³-hybridized carbons (Fsp3) is 0.647. The third kappa shape index (κ3) is 4.70. The second kappa shape index (κ2) is 8.16. The number of hydrogen-bond acceptors (Lipinski definition) is 3. The fourth-order valence-corrected chi connectivity index (χ4v) is 3.19. The summed E-state index contributed by atoms with van der Waals surface area (Å²) in [5.41, 5.74) is 1.15. The molecule has 0 spiro atoms. The van der Waals surface area contributed by atoms with E-state index >= 15 is 0 Å². The van der Waals surface area contributed by atoms with Crippen LogP contribution in [0.25, 0.3) is 0 Å². The van der Waals surface area contributed by atoms with Gasteiger partial charge in [0.25, 0.3) is 0 Å². The first-order valence-corrected chi connectivity index (χ1v) is 8.78. The maximum atomic E-state index is 10.1. The Morgan fingerprint density at radius 3 is 2.86 bits per heavy atom. The SMILES string of the molecule is CCCNC(C)c1cc(Br)ccc1OC1CCCCC1O. The zero-order valence-electron chi connectivity index (χ0n) is 12.9. The predicted molar refractivity (Wildman–Crippen MR) is 89.7 cm³/mol. The molecular formula is C17H26BrNO2. The minimum Gasteiger partial charge on any atom is -0.487 e. The van der Waals surface area contributed by atoms with Gasteiger partial charge in [0, 0.05) is 16.1 Å². The fourth-order valence-electron chi connectivity index (χ4n) is 2.81. The smallest absolute Gasteiger partial charge is 0.124 e. The van der Waals surface area contributed by atoms with Gasteiger partial charge < -0.3 is 15.2 Å². The maximum Gasteiger partial charge on any atom is 0.124 e. The molecule has 0 amide bonds. The molecule has 1 aliphatic rings. The Labute approximate surface area is 136 Å². The van der Waals surface area contributed by atoms with E-state index in [0.29, 0.717) is 0 Å². The minimum atomic E-state index is -0.339. The first-order valence-electron chi connectivity index (χ1n) is 7.99. The Bertz CT molecular complexity index is 452. The Morgan fingerprint density at radius 2 is 2.14 bits per heavy atom. The summed E-state index contributed by atoms with van der Waals surface area (Å²) in [6, 6.07) is 6.35. The lowest BCUT2D eigenvalue weighted by atomic mass is 9.94. The van der Waals surface area contributed by atoms with Crippen molar-refractivity contribution in [2.75, 3.05) is 6.54 Å². The van der Waals surface area contributed by atoms with Gasteiger partial charge in [0.1, 0.15) is 11.9 Å². The molecule has 21 heavy (non-hydrogen) atoms. The molecule has 0 heterocycles. The highest BCUT2D eigenvalue weighted by atomic mass is 79.9. The summed E-state index contributed by atoms with van der Waals surface area (Å²) in [6.45, 7) is 5.30. The van der Waals surface area contributed by atoms with Crippen molar-refractivity contribution in [1.82, 2.24) is 5.32 Å². The van der Waals surface area contributed by atoms with Gasteiger partial charge in [0.15, 0.2) is 0 Å². The average molecular weight is 356 g/mol. The Hall–Kier alpha value is -0.580. The lowest BCUT2D eigenvalue weighted by molar-refractivity contribution is 0.00618. The van der Waals surface area contributed by atoms with Crippen molar-refractivity contribution in [3.63, 3.8) is 0 Å². The molecule has 3 unspecified atom stereocenters. The number of aliphatic hydroxyl groups is 1. The standard InChI is InChI=1S/C17H26BrNO2/c1-3-10-19-12(2)14-11-13(18)8-9-16(14)21-17-7-5-4-6-15(17)20/h8-9,11-12,15,17,19-20H,3-7,10H2,1-2H3. The monoisotopic (exact) mass is 355 g/mol. The maximum absolute atomic E-state index is 10.1. The van der Waals surface area contributed by atoms with Crippen LogP contribution in [-0.2, 0) is 0 Å². The van der Waals surface area contributed by atoms with Crippen LogP contribution in [0.1, 0.15) is 57.6 Å². The second-order valence-corrected chi connectivity index (χ2v) is 6.78. The molecule has 2 rings (SSSR count). The van der Waals surface area contributed by atoms with Crippen molar-refractivity contribution in [2.24, 2.45) is 0 Å². The van der Waals surface area contributed by atoms with Crippen molar-refractivity contribution in [3.8, 4) is 5.75 Å². The van der Waals surface area contributed by atoms with Crippen LogP contribution in [0, 0.1) is 0 Å². The summed E-state index contributed by atoms with van der Waals surface area (Å²) >= 11 is 3.54. The first kappa shape index (κ1) is 16.8. The van der Waals surface area contributed by atoms with Crippen LogP contribution in [0.15, 0.2) is 22.7 Å². The Kier molecular flexibility index (Phi) is 6.52. The number of aliphatic hydroxyl groups excluding tert-OH is 1. The van der Waals surface area contributed by atoms with Gasteiger partial charge in [-0.2, -0.15) is 0 Å². The van der Waals surface area contributed by atoms with Crippen molar-refractivity contribution < 1.29 is 9.84 Å². The van der Waals surface area contributed by atoms with Gasteiger partial charge in [-0.25, -0.2) is 0 Å². The van der Waals surface area contributed by atoms with Crippen LogP contribution in [0.2, 0.25) is 0 Å². The van der Waals surface area contributed by atoms with Gasteiger partial charge in [0.2, 0.25) is 0 Å². The molecule has 0 aromatic heterocycles. The number of hydrogen-bond donors (Lipinski definition) is 2. The van der Waals surface area contributed by atoms with Gasteiger partial charge in [0.05, 0.1) is 6.10 Å². The van der Waals surface area contributed by atoms with Gasteiger partial charge >= 0.3 is 0 Å². The van der Waals surface area contributed by atoms with Crippen molar-refractivity contribution in [2.45, 2.75) is 64.2 Å². The number of halogens is 1. The first-order chi connectivity index (χ1) is 10.1. The molecule has 1 aromatic carbocycles. The Balaban J connectivity index is 2.13. The highest BCUT2D eigenvalue weighted by Crippen LogP contribution is 2.32. The van der Waals surface area contributed by atoms with Gasteiger partial charge in [-0.15, -0.1) is 0 Å². The van der Waals surface area contributed by atoms with E-state index in [0.717, 1.165) is 54.4 Å². The van der Waals surface area contributed by atoms with E-state index in [2.05, 4.69) is 41.2 Å². The zero-order chi connectivity index (χ0) is 15.2. The van der Waals surface area contributed by atoms with Crippen LogP contribution in [0.3, 0.4) is 0 Å². The topological polar surface area (TPSA) is 41.5 Å². The van der Waals surface area contributed by atoms with E-state index in [1.165, 1.54) is 0 Å². The van der Waals surface area contributed by atoms with Gasteiger partial charge in [-0.3, -0.25) is 0 Å². The largest absolute Gasteiger partial charge is 0.487 e. The normalized spacial score (nSPS) is 23.8. The highest BCUT2D eigenvalue weighted by Gasteiger charge is 2.26. The minimum absolute atomic E-state index is 0.0722. The van der Waals surface area contributed by atoms with Crippen molar-refractivity contribution >= 4 is 15.9 Å². The molecule has 1 saturated carbocycles. The predicted octanol–water partition coefficient (Wildman–Crippen LogP) is 4.19. The van der Waals surface area contributed by atoms with Crippen LogP contribution < -0.4 is 10.1 Å². The van der Waals surface area contributed by atoms with E-state index in [1.54, 1.807) is 0 Å². The molecule has 4 heteroatoms. The van der Waals surface area contributed by atoms with E-state index in [-0.39, 0.29) is 18.2 Å². The molecule has 1 aromatic rings. The second-order valence-electron chi connectivity index (χ2n) is 5.87. The number of benzene rings is 1. The summed E-state index contributed by atoms with van der Waals surface area (Å²) in [6.07, 6.45) is 4.72. The highest BCUT2D eigenvalue weighted by molar-refractivity contribution is 9.10. The average Bonchev–Trinajstić information content (AvgIpc) is 2.48. The van der Waals surface area contributed by atoms with E-state index in [9.17, 15) is 5.11 Å². The molecule has 2 N–H and O–H groups in total. The van der Waals surface area contributed by atoms with Gasteiger partial charge in [-0.1, -0.05) is 29.3 Å². The molecule has 0 bridgehead atoms. The third-order valence-corrected chi connectivity index (χ3v) is 4.58. The number of nitrogens with one attached hydrogen (secondary N) is 1.